The van der Waals surface area contributed by atoms with Crippen molar-refractivity contribution >= 4 is 33.6 Å². The zero-order valence-corrected chi connectivity index (χ0v) is 13.8. The highest BCUT2D eigenvalue weighted by atomic mass is 16.4. The number of piperidine rings is 1. The summed E-state index contributed by atoms with van der Waals surface area (Å²) in [5.74, 6) is -0.457. The second-order valence-electron chi connectivity index (χ2n) is 6.58. The van der Waals surface area contributed by atoms with E-state index in [-0.39, 0.29) is 18.2 Å². The van der Waals surface area contributed by atoms with Gasteiger partial charge in [-0.25, -0.2) is 0 Å². The number of carboxylic acid groups (broad SMARTS) is 1. The molecule has 1 amide bonds. The van der Waals surface area contributed by atoms with Gasteiger partial charge >= 0.3 is 5.97 Å². The van der Waals surface area contributed by atoms with Crippen molar-refractivity contribution in [3.05, 3.63) is 48.2 Å². The van der Waals surface area contributed by atoms with Gasteiger partial charge in [-0.05, 0) is 35.7 Å². The maximum absolute atomic E-state index is 12.5. The van der Waals surface area contributed by atoms with Crippen LogP contribution >= 0.6 is 0 Å². The van der Waals surface area contributed by atoms with Crippen molar-refractivity contribution in [2.45, 2.75) is 19.3 Å². The molecule has 0 saturated carbocycles. The largest absolute Gasteiger partial charge is 0.481 e. The van der Waals surface area contributed by atoms with Gasteiger partial charge < -0.3 is 14.4 Å². The quantitative estimate of drug-likeness (QED) is 0.794. The van der Waals surface area contributed by atoms with Crippen LogP contribution in [-0.2, 0) is 16.0 Å². The van der Waals surface area contributed by atoms with Crippen molar-refractivity contribution < 1.29 is 19.1 Å². The van der Waals surface area contributed by atoms with E-state index < -0.39 is 5.97 Å². The molecule has 1 N–H and O–H groups in total. The number of carbonyl (C=O) groups is 2. The summed E-state index contributed by atoms with van der Waals surface area (Å²) in [5, 5.41) is 12.3. The first-order valence-corrected chi connectivity index (χ1v) is 8.52. The van der Waals surface area contributed by atoms with Crippen LogP contribution in [0.1, 0.15) is 18.6 Å². The standard InChI is InChI=1S/C20H19NO4/c22-19(21-9-7-14(8-10-21)20(23)24)12-15-11-17-16-4-2-1-3-13(16)5-6-18(17)25-15/h1-6,11,14H,7-10,12H2,(H,23,24). The molecule has 1 fully saturated rings. The first-order chi connectivity index (χ1) is 12.1. The molecule has 0 spiro atoms. The van der Waals surface area contributed by atoms with Gasteiger partial charge in [0.15, 0.2) is 0 Å². The van der Waals surface area contributed by atoms with Gasteiger partial charge in [0.05, 0.1) is 12.3 Å². The van der Waals surface area contributed by atoms with Crippen molar-refractivity contribution in [1.29, 1.82) is 0 Å². The average molecular weight is 337 g/mol. The molecule has 5 heteroatoms. The predicted octanol–water partition coefficient (Wildman–Crippen LogP) is 3.45. The SMILES string of the molecule is O=C(O)C1CCN(C(=O)Cc2cc3c(ccc4ccccc43)o2)CC1. The van der Waals surface area contributed by atoms with Crippen LogP contribution in [0.3, 0.4) is 0 Å². The molecule has 2 heterocycles. The summed E-state index contributed by atoms with van der Waals surface area (Å²) in [6, 6.07) is 14.0. The minimum absolute atomic E-state index is 0.00722. The lowest BCUT2D eigenvalue weighted by atomic mass is 9.97. The monoisotopic (exact) mass is 337 g/mol. The Morgan fingerprint density at radius 2 is 1.84 bits per heavy atom. The van der Waals surface area contributed by atoms with E-state index in [4.69, 9.17) is 9.52 Å². The molecule has 1 aromatic heterocycles. The van der Waals surface area contributed by atoms with Crippen LogP contribution in [0.15, 0.2) is 46.9 Å². The smallest absolute Gasteiger partial charge is 0.306 e. The molecular formula is C20H19NO4. The minimum Gasteiger partial charge on any atom is -0.481 e. The molecule has 4 rings (SSSR count). The van der Waals surface area contributed by atoms with Crippen molar-refractivity contribution in [3.8, 4) is 0 Å². The van der Waals surface area contributed by atoms with Crippen molar-refractivity contribution in [2.24, 2.45) is 5.92 Å². The lowest BCUT2D eigenvalue weighted by Gasteiger charge is -2.29. The molecule has 128 valence electrons. The summed E-state index contributed by atoms with van der Waals surface area (Å²) in [7, 11) is 0. The predicted molar refractivity (Wildman–Crippen MR) is 94.4 cm³/mol. The number of rotatable bonds is 3. The lowest BCUT2D eigenvalue weighted by molar-refractivity contribution is -0.145. The van der Waals surface area contributed by atoms with Gasteiger partial charge in [-0.3, -0.25) is 9.59 Å². The van der Waals surface area contributed by atoms with E-state index in [0.29, 0.717) is 31.7 Å². The van der Waals surface area contributed by atoms with E-state index in [1.165, 1.54) is 0 Å². The van der Waals surface area contributed by atoms with Crippen LogP contribution in [-0.4, -0.2) is 35.0 Å². The number of likely N-dealkylation sites (tertiary alicyclic amines) is 1. The first kappa shape index (κ1) is 15.7. The van der Waals surface area contributed by atoms with Crippen LogP contribution < -0.4 is 0 Å². The fourth-order valence-corrected chi connectivity index (χ4v) is 3.57. The minimum atomic E-state index is -0.767. The molecule has 0 bridgehead atoms. The van der Waals surface area contributed by atoms with Crippen LogP contribution in [0.2, 0.25) is 0 Å². The highest BCUT2D eigenvalue weighted by Crippen LogP contribution is 2.28. The van der Waals surface area contributed by atoms with Gasteiger partial charge in [0.1, 0.15) is 11.3 Å². The maximum atomic E-state index is 12.5. The number of fused-ring (bicyclic) bond motifs is 3. The molecular weight excluding hydrogens is 318 g/mol. The Bertz CT molecular complexity index is 951. The van der Waals surface area contributed by atoms with Crippen LogP contribution in [0.25, 0.3) is 21.7 Å². The van der Waals surface area contributed by atoms with Crippen LogP contribution in [0.5, 0.6) is 0 Å². The number of carboxylic acids is 1. The Morgan fingerprint density at radius 1 is 1.08 bits per heavy atom. The van der Waals surface area contributed by atoms with Gasteiger partial charge in [-0.15, -0.1) is 0 Å². The van der Waals surface area contributed by atoms with Crippen molar-refractivity contribution in [2.75, 3.05) is 13.1 Å². The number of benzene rings is 2. The third-order valence-corrected chi connectivity index (χ3v) is 5.00. The number of furan rings is 1. The number of nitrogens with zero attached hydrogens (tertiary/aromatic N) is 1. The summed E-state index contributed by atoms with van der Waals surface area (Å²) < 4.78 is 5.86. The van der Waals surface area contributed by atoms with E-state index in [1.54, 1.807) is 4.90 Å². The fourth-order valence-electron chi connectivity index (χ4n) is 3.57. The molecule has 0 aliphatic carbocycles. The van der Waals surface area contributed by atoms with Crippen molar-refractivity contribution in [3.63, 3.8) is 0 Å². The molecule has 1 aliphatic rings. The zero-order valence-electron chi connectivity index (χ0n) is 13.8. The Labute approximate surface area is 144 Å². The van der Waals surface area contributed by atoms with Gasteiger partial charge in [-0.2, -0.15) is 0 Å². The lowest BCUT2D eigenvalue weighted by Crippen LogP contribution is -2.40. The number of hydrogen-bond acceptors (Lipinski definition) is 3. The summed E-state index contributed by atoms with van der Waals surface area (Å²) in [6.07, 6.45) is 1.25. The summed E-state index contributed by atoms with van der Waals surface area (Å²) >= 11 is 0. The topological polar surface area (TPSA) is 70.8 Å². The van der Waals surface area contributed by atoms with E-state index >= 15 is 0 Å². The van der Waals surface area contributed by atoms with E-state index in [2.05, 4.69) is 12.1 Å². The van der Waals surface area contributed by atoms with Crippen LogP contribution in [0.4, 0.5) is 0 Å². The van der Waals surface area contributed by atoms with E-state index in [9.17, 15) is 9.59 Å². The third-order valence-electron chi connectivity index (χ3n) is 5.00. The number of aliphatic carboxylic acids is 1. The van der Waals surface area contributed by atoms with E-state index in [0.717, 1.165) is 21.7 Å². The van der Waals surface area contributed by atoms with Crippen molar-refractivity contribution in [1.82, 2.24) is 4.90 Å². The molecule has 25 heavy (non-hydrogen) atoms. The zero-order chi connectivity index (χ0) is 17.4. The van der Waals surface area contributed by atoms with Crippen LogP contribution in [0, 0.1) is 5.92 Å². The molecule has 5 nitrogen and oxygen atoms in total. The summed E-state index contributed by atoms with van der Waals surface area (Å²) in [4.78, 5) is 25.3. The molecule has 0 atom stereocenters. The fraction of sp³-hybridized carbons (Fsp3) is 0.300. The second kappa shape index (κ2) is 6.24. The molecule has 3 aromatic rings. The van der Waals surface area contributed by atoms with Gasteiger partial charge in [-0.1, -0.05) is 30.3 Å². The highest BCUT2D eigenvalue weighted by Gasteiger charge is 2.27. The number of carbonyl (C=O) groups excluding carboxylic acids is 1. The second-order valence-corrected chi connectivity index (χ2v) is 6.58. The Kier molecular flexibility index (Phi) is 3.92. The molecule has 0 unspecified atom stereocenters. The molecule has 1 saturated heterocycles. The van der Waals surface area contributed by atoms with Gasteiger partial charge in [0.2, 0.25) is 5.91 Å². The Morgan fingerprint density at radius 3 is 2.60 bits per heavy atom. The normalized spacial score (nSPS) is 15.8. The summed E-state index contributed by atoms with van der Waals surface area (Å²) in [6.45, 7) is 0.998. The number of hydrogen-bond donors (Lipinski definition) is 1. The van der Waals surface area contributed by atoms with Gasteiger partial charge in [0.25, 0.3) is 0 Å². The Balaban J connectivity index is 1.52. The maximum Gasteiger partial charge on any atom is 0.306 e. The number of amides is 1. The average Bonchev–Trinajstić information content (AvgIpc) is 3.04. The molecule has 1 aliphatic heterocycles. The molecule has 2 aromatic carbocycles. The first-order valence-electron chi connectivity index (χ1n) is 8.52. The van der Waals surface area contributed by atoms with Gasteiger partial charge in [0, 0.05) is 18.5 Å². The van der Waals surface area contributed by atoms with E-state index in [1.807, 2.05) is 30.3 Å². The summed E-state index contributed by atoms with van der Waals surface area (Å²) in [5.41, 5.74) is 0.783. The highest BCUT2D eigenvalue weighted by molar-refractivity contribution is 6.06. The third kappa shape index (κ3) is 2.97. The molecule has 0 radical (unpaired) electrons. The Hall–Kier alpha value is -2.82.